The highest BCUT2D eigenvalue weighted by atomic mass is 19.2. The summed E-state index contributed by atoms with van der Waals surface area (Å²) in [5, 5.41) is 17.3. The summed E-state index contributed by atoms with van der Waals surface area (Å²) in [5.41, 5.74) is 4.37. The molecule has 1 atom stereocenters. The Morgan fingerprint density at radius 3 is 2.68 bits per heavy atom. The zero-order valence-electron chi connectivity index (χ0n) is 16.5. The van der Waals surface area contributed by atoms with E-state index in [1.807, 2.05) is 24.3 Å². The molecule has 1 aliphatic rings. The van der Waals surface area contributed by atoms with E-state index in [0.717, 1.165) is 36.2 Å². The minimum atomic E-state index is -1.000. The molecule has 1 aliphatic carbocycles. The lowest BCUT2D eigenvalue weighted by Crippen LogP contribution is -2.09. The first-order valence-corrected chi connectivity index (χ1v) is 10.1. The lowest BCUT2D eigenvalue weighted by Gasteiger charge is -2.16. The van der Waals surface area contributed by atoms with Gasteiger partial charge in [0.25, 0.3) is 0 Å². The number of anilines is 1. The van der Waals surface area contributed by atoms with E-state index in [1.54, 1.807) is 12.1 Å². The molecule has 1 heterocycles. The fourth-order valence-electron chi connectivity index (χ4n) is 4.24. The fraction of sp³-hybridized carbons (Fsp3) is 0.120. The number of aromatic nitrogens is 1. The molecule has 0 aliphatic heterocycles. The Kier molecular flexibility index (Phi) is 4.82. The van der Waals surface area contributed by atoms with E-state index >= 15 is 0 Å². The van der Waals surface area contributed by atoms with Gasteiger partial charge in [-0.25, -0.2) is 13.8 Å². The smallest absolute Gasteiger partial charge is 0.159 e. The summed E-state index contributed by atoms with van der Waals surface area (Å²) in [4.78, 5) is 4.73. The van der Waals surface area contributed by atoms with Crippen molar-refractivity contribution in [2.45, 2.75) is 18.9 Å². The molecule has 4 aromatic rings. The number of aryl methyl sites for hydroxylation is 1. The van der Waals surface area contributed by atoms with Crippen LogP contribution in [0.5, 0.6) is 0 Å². The summed E-state index contributed by atoms with van der Waals surface area (Å²) in [7, 11) is 0. The van der Waals surface area contributed by atoms with E-state index in [-0.39, 0.29) is 17.3 Å². The Labute approximate surface area is 177 Å². The number of pyridine rings is 1. The van der Waals surface area contributed by atoms with Gasteiger partial charge in [0.1, 0.15) is 11.5 Å². The predicted octanol–water partition coefficient (Wildman–Crippen LogP) is 5.84. The van der Waals surface area contributed by atoms with E-state index in [1.165, 1.54) is 17.2 Å². The van der Waals surface area contributed by atoms with Crippen molar-refractivity contribution in [1.29, 1.82) is 0 Å². The van der Waals surface area contributed by atoms with Crippen LogP contribution >= 0.6 is 0 Å². The van der Waals surface area contributed by atoms with Crippen molar-refractivity contribution in [1.82, 2.24) is 4.98 Å². The van der Waals surface area contributed by atoms with Crippen molar-refractivity contribution < 1.29 is 14.0 Å². The molecule has 0 radical (unpaired) electrons. The van der Waals surface area contributed by atoms with E-state index in [0.29, 0.717) is 11.1 Å². The first kappa shape index (κ1) is 19.2. The molecule has 0 bridgehead atoms. The standard InChI is InChI=1S/C25H19F2N3O/c26-20-11-8-16(14-21(20)27)25(30-31)19-6-3-7-22-18(19)10-13-24(28-22)29-23-12-9-15-4-1-2-5-17(15)23/h1-8,10-11,13-14,23,31H,9,12H2,(H,28,29)/t23-/m1/s1. The fourth-order valence-corrected chi connectivity index (χ4v) is 4.24. The van der Waals surface area contributed by atoms with E-state index in [9.17, 15) is 14.0 Å². The Bertz CT molecular complexity index is 1320. The zero-order valence-corrected chi connectivity index (χ0v) is 16.5. The van der Waals surface area contributed by atoms with E-state index < -0.39 is 11.6 Å². The van der Waals surface area contributed by atoms with Crippen molar-refractivity contribution in [2.75, 3.05) is 5.32 Å². The number of fused-ring (bicyclic) bond motifs is 2. The summed E-state index contributed by atoms with van der Waals surface area (Å²) < 4.78 is 27.1. The number of oxime groups is 1. The predicted molar refractivity (Wildman–Crippen MR) is 117 cm³/mol. The largest absolute Gasteiger partial charge is 0.410 e. The molecular weight excluding hydrogens is 396 g/mol. The number of hydrogen-bond donors (Lipinski definition) is 2. The third-order valence-electron chi connectivity index (χ3n) is 5.74. The van der Waals surface area contributed by atoms with Crippen LogP contribution in [0.2, 0.25) is 0 Å². The molecule has 31 heavy (non-hydrogen) atoms. The van der Waals surface area contributed by atoms with Crippen molar-refractivity contribution in [2.24, 2.45) is 5.16 Å². The first-order valence-electron chi connectivity index (χ1n) is 10.1. The normalized spacial score (nSPS) is 15.8. The SMILES string of the molecule is ON=C(c1ccc(F)c(F)c1)c1cccc2nc(N[C@@H]3CCc4ccccc43)ccc12. The first-order chi connectivity index (χ1) is 15.1. The monoisotopic (exact) mass is 415 g/mol. The summed E-state index contributed by atoms with van der Waals surface area (Å²) in [6.45, 7) is 0. The molecule has 154 valence electrons. The Morgan fingerprint density at radius 1 is 0.968 bits per heavy atom. The number of nitrogens with one attached hydrogen (secondary N) is 1. The molecule has 0 fully saturated rings. The van der Waals surface area contributed by atoms with Crippen LogP contribution in [0, 0.1) is 11.6 Å². The molecule has 0 amide bonds. The van der Waals surface area contributed by atoms with Gasteiger partial charge in [0, 0.05) is 16.5 Å². The zero-order chi connectivity index (χ0) is 21.4. The molecule has 6 heteroatoms. The highest BCUT2D eigenvalue weighted by Crippen LogP contribution is 2.33. The van der Waals surface area contributed by atoms with Gasteiger partial charge in [-0.2, -0.15) is 0 Å². The summed E-state index contributed by atoms with van der Waals surface area (Å²) in [6.07, 6.45) is 2.05. The second kappa shape index (κ2) is 7.80. The van der Waals surface area contributed by atoms with Crippen molar-refractivity contribution in [3.05, 3.63) is 107 Å². The number of rotatable bonds is 4. The second-order valence-corrected chi connectivity index (χ2v) is 7.58. The van der Waals surface area contributed by atoms with Gasteiger partial charge in [-0.3, -0.25) is 0 Å². The maximum absolute atomic E-state index is 13.7. The summed E-state index contributed by atoms with van der Waals surface area (Å²) in [6, 6.07) is 21.2. The molecule has 2 N–H and O–H groups in total. The van der Waals surface area contributed by atoms with Gasteiger partial charge in [0.2, 0.25) is 0 Å². The van der Waals surface area contributed by atoms with Crippen molar-refractivity contribution in [3.63, 3.8) is 0 Å². The van der Waals surface area contributed by atoms with Crippen LogP contribution in [0.1, 0.15) is 34.7 Å². The van der Waals surface area contributed by atoms with Gasteiger partial charge in [0.05, 0.1) is 11.6 Å². The molecule has 4 nitrogen and oxygen atoms in total. The van der Waals surface area contributed by atoms with Gasteiger partial charge in [-0.05, 0) is 60.4 Å². The Hall–Kier alpha value is -3.80. The number of halogens is 2. The third-order valence-corrected chi connectivity index (χ3v) is 5.74. The van der Waals surface area contributed by atoms with Crippen LogP contribution in [-0.2, 0) is 6.42 Å². The average Bonchev–Trinajstić information content (AvgIpc) is 3.19. The molecule has 0 spiro atoms. The van der Waals surface area contributed by atoms with E-state index in [2.05, 4.69) is 28.7 Å². The summed E-state index contributed by atoms with van der Waals surface area (Å²) in [5.74, 6) is -1.20. The van der Waals surface area contributed by atoms with Gasteiger partial charge in [-0.15, -0.1) is 0 Å². The topological polar surface area (TPSA) is 57.5 Å². The lowest BCUT2D eigenvalue weighted by molar-refractivity contribution is 0.319. The molecule has 5 rings (SSSR count). The van der Waals surface area contributed by atoms with Crippen LogP contribution in [0.15, 0.2) is 78.0 Å². The van der Waals surface area contributed by atoms with Crippen LogP contribution in [0.25, 0.3) is 10.9 Å². The number of nitrogens with zero attached hydrogens (tertiary/aromatic N) is 2. The van der Waals surface area contributed by atoms with Crippen molar-refractivity contribution in [3.8, 4) is 0 Å². The third kappa shape index (κ3) is 3.50. The summed E-state index contributed by atoms with van der Waals surface area (Å²) >= 11 is 0. The van der Waals surface area contributed by atoms with Crippen LogP contribution in [0.3, 0.4) is 0 Å². The molecule has 0 unspecified atom stereocenters. The quantitative estimate of drug-likeness (QED) is 0.250. The second-order valence-electron chi connectivity index (χ2n) is 7.58. The lowest BCUT2D eigenvalue weighted by atomic mass is 9.98. The number of hydrogen-bond acceptors (Lipinski definition) is 4. The van der Waals surface area contributed by atoms with E-state index in [4.69, 9.17) is 4.98 Å². The number of benzene rings is 3. The molecular formula is C25H19F2N3O. The maximum Gasteiger partial charge on any atom is 0.159 e. The highest BCUT2D eigenvalue weighted by Gasteiger charge is 2.22. The van der Waals surface area contributed by atoms with Crippen LogP contribution in [-0.4, -0.2) is 15.9 Å². The molecule has 3 aromatic carbocycles. The molecule has 0 saturated carbocycles. The van der Waals surface area contributed by atoms with Gasteiger partial charge < -0.3 is 10.5 Å². The Morgan fingerprint density at radius 2 is 1.84 bits per heavy atom. The maximum atomic E-state index is 13.7. The highest BCUT2D eigenvalue weighted by molar-refractivity contribution is 6.18. The van der Waals surface area contributed by atoms with Crippen LogP contribution < -0.4 is 5.32 Å². The van der Waals surface area contributed by atoms with Gasteiger partial charge >= 0.3 is 0 Å². The van der Waals surface area contributed by atoms with Crippen molar-refractivity contribution >= 4 is 22.4 Å². The molecule has 0 saturated heterocycles. The van der Waals surface area contributed by atoms with Gasteiger partial charge in [-0.1, -0.05) is 41.6 Å². The average molecular weight is 415 g/mol. The minimum absolute atomic E-state index is 0.150. The molecule has 1 aromatic heterocycles. The minimum Gasteiger partial charge on any atom is -0.410 e. The van der Waals surface area contributed by atoms with Gasteiger partial charge in [0.15, 0.2) is 11.6 Å². The van der Waals surface area contributed by atoms with Crippen LogP contribution in [0.4, 0.5) is 14.6 Å². The Balaban J connectivity index is 1.50.